The van der Waals surface area contributed by atoms with Crippen LogP contribution >= 0.6 is 11.3 Å². The zero-order valence-electron chi connectivity index (χ0n) is 21.1. The van der Waals surface area contributed by atoms with Gasteiger partial charge in [-0.05, 0) is 49.9 Å². The monoisotopic (exact) mass is 500 g/mol. The highest BCUT2D eigenvalue weighted by Gasteiger charge is 2.44. The Morgan fingerprint density at radius 2 is 1.77 bits per heavy atom. The molecule has 0 aliphatic carbocycles. The number of hydrogen-bond acceptors (Lipinski definition) is 6. The number of thiophene rings is 1. The molecule has 0 bridgehead atoms. The molecule has 2 N–H and O–H groups in total. The topological polar surface area (TPSA) is 99.6 Å². The van der Waals surface area contributed by atoms with Crippen molar-refractivity contribution in [1.29, 1.82) is 0 Å². The number of nitrogens with one attached hydrogen (secondary N) is 2. The number of carbonyl (C=O) groups excluding carboxylic acids is 3. The van der Waals surface area contributed by atoms with E-state index in [4.69, 9.17) is 0 Å². The summed E-state index contributed by atoms with van der Waals surface area (Å²) in [5, 5.41) is 12.8. The van der Waals surface area contributed by atoms with Gasteiger partial charge in [-0.2, -0.15) is 5.10 Å². The van der Waals surface area contributed by atoms with E-state index < -0.39 is 5.54 Å². The first-order valence-electron chi connectivity index (χ1n) is 12.3. The molecular formula is C25H36N6O3S. The van der Waals surface area contributed by atoms with E-state index in [2.05, 4.69) is 36.5 Å². The first-order valence-corrected chi connectivity index (χ1v) is 13.2. The van der Waals surface area contributed by atoms with Crippen LogP contribution in [0.25, 0.3) is 0 Å². The lowest BCUT2D eigenvalue weighted by Crippen LogP contribution is -2.64. The predicted molar refractivity (Wildman–Crippen MR) is 136 cm³/mol. The molecule has 4 heterocycles. The number of aromatic nitrogens is 2. The van der Waals surface area contributed by atoms with Crippen LogP contribution in [0.3, 0.4) is 0 Å². The van der Waals surface area contributed by atoms with Gasteiger partial charge in [0.05, 0.1) is 10.6 Å². The summed E-state index contributed by atoms with van der Waals surface area (Å²) in [7, 11) is 1.76. The first-order chi connectivity index (χ1) is 16.6. The number of nitrogens with zero attached hydrogens (tertiary/aromatic N) is 4. The van der Waals surface area contributed by atoms with E-state index >= 15 is 0 Å². The average Bonchev–Trinajstić information content (AvgIpc) is 3.43. The van der Waals surface area contributed by atoms with Crippen molar-refractivity contribution in [3.8, 4) is 0 Å². The molecule has 3 amide bonds. The highest BCUT2D eigenvalue weighted by molar-refractivity contribution is 7.12. The molecule has 2 aliphatic heterocycles. The summed E-state index contributed by atoms with van der Waals surface area (Å²) in [6, 6.07) is 5.53. The summed E-state index contributed by atoms with van der Waals surface area (Å²) in [6.07, 6.45) is 1.76. The van der Waals surface area contributed by atoms with Crippen molar-refractivity contribution in [2.24, 2.45) is 7.05 Å². The molecule has 0 spiro atoms. The summed E-state index contributed by atoms with van der Waals surface area (Å²) in [5.74, 6) is -0.323. The molecule has 0 aromatic carbocycles. The fraction of sp³-hybridized carbons (Fsp3) is 0.600. The van der Waals surface area contributed by atoms with E-state index in [0.717, 1.165) is 10.6 Å². The lowest BCUT2D eigenvalue weighted by atomic mass is 9.86. The second-order valence-corrected chi connectivity index (χ2v) is 11.4. The van der Waals surface area contributed by atoms with Crippen LogP contribution in [0.15, 0.2) is 23.6 Å². The third-order valence-electron chi connectivity index (χ3n) is 6.90. The molecule has 9 nitrogen and oxygen atoms in total. The summed E-state index contributed by atoms with van der Waals surface area (Å²) < 4.78 is 1.59. The Balaban J connectivity index is 1.50. The number of aryl methyl sites for hydroxylation is 1. The average molecular weight is 501 g/mol. The lowest BCUT2D eigenvalue weighted by Gasteiger charge is -2.40. The maximum Gasteiger partial charge on any atom is 0.270 e. The van der Waals surface area contributed by atoms with E-state index in [1.165, 1.54) is 11.3 Å². The number of carbonyl (C=O) groups is 3. The zero-order chi connectivity index (χ0) is 25.2. The van der Waals surface area contributed by atoms with Gasteiger partial charge < -0.3 is 20.4 Å². The van der Waals surface area contributed by atoms with E-state index in [-0.39, 0.29) is 23.1 Å². The van der Waals surface area contributed by atoms with Gasteiger partial charge in [-0.15, -0.1) is 11.3 Å². The van der Waals surface area contributed by atoms with Crippen LogP contribution < -0.4 is 10.6 Å². The van der Waals surface area contributed by atoms with Crippen molar-refractivity contribution in [2.45, 2.75) is 51.0 Å². The standard InChI is InChI=1S/C25H36N6O3S/c1-24(2,3)20-17-18(29(4)28-20)21(32)27-25(8-10-26-11-9-25)23(34)31-13-6-12-30(14-15-31)22(33)19-7-5-16-35-19/h5,7,16-17,26H,6,8-15H2,1-4H3,(H,27,32). The molecule has 2 fully saturated rings. The summed E-state index contributed by atoms with van der Waals surface area (Å²) in [6.45, 7) is 9.61. The van der Waals surface area contributed by atoms with Crippen LogP contribution in [-0.2, 0) is 17.3 Å². The molecule has 2 aromatic heterocycles. The van der Waals surface area contributed by atoms with Crippen molar-refractivity contribution in [2.75, 3.05) is 39.3 Å². The van der Waals surface area contributed by atoms with Gasteiger partial charge in [-0.1, -0.05) is 26.8 Å². The summed E-state index contributed by atoms with van der Waals surface area (Å²) >= 11 is 1.44. The minimum atomic E-state index is -0.971. The fourth-order valence-electron chi connectivity index (χ4n) is 4.76. The van der Waals surface area contributed by atoms with Crippen LogP contribution in [0.4, 0.5) is 0 Å². The minimum Gasteiger partial charge on any atom is -0.339 e. The van der Waals surface area contributed by atoms with Gasteiger partial charge in [0.25, 0.3) is 11.8 Å². The van der Waals surface area contributed by atoms with Gasteiger partial charge in [0.2, 0.25) is 5.91 Å². The number of hydrogen-bond donors (Lipinski definition) is 2. The predicted octanol–water partition coefficient (Wildman–Crippen LogP) is 2.01. The van der Waals surface area contributed by atoms with Gasteiger partial charge >= 0.3 is 0 Å². The molecule has 2 saturated heterocycles. The molecule has 190 valence electrons. The fourth-order valence-corrected chi connectivity index (χ4v) is 5.45. The Morgan fingerprint density at radius 1 is 1.09 bits per heavy atom. The Kier molecular flexibility index (Phi) is 7.32. The Labute approximate surface area is 210 Å². The molecule has 0 atom stereocenters. The van der Waals surface area contributed by atoms with Crippen LogP contribution in [-0.4, -0.2) is 82.1 Å². The second kappa shape index (κ2) is 10.1. The van der Waals surface area contributed by atoms with Crippen LogP contribution in [0.1, 0.15) is 65.9 Å². The second-order valence-electron chi connectivity index (χ2n) is 10.5. The molecule has 10 heteroatoms. The van der Waals surface area contributed by atoms with Gasteiger partial charge in [-0.25, -0.2) is 0 Å². The Morgan fingerprint density at radius 3 is 2.40 bits per heavy atom. The van der Waals surface area contributed by atoms with Crippen molar-refractivity contribution in [3.05, 3.63) is 39.8 Å². The third kappa shape index (κ3) is 5.43. The number of rotatable bonds is 4. The van der Waals surface area contributed by atoms with E-state index in [1.807, 2.05) is 33.4 Å². The van der Waals surface area contributed by atoms with Crippen molar-refractivity contribution < 1.29 is 14.4 Å². The van der Waals surface area contributed by atoms with Crippen LogP contribution in [0.5, 0.6) is 0 Å². The Bertz CT molecular complexity index is 1070. The molecule has 2 aliphatic rings. The first kappa shape index (κ1) is 25.4. The van der Waals surface area contributed by atoms with Crippen molar-refractivity contribution in [3.63, 3.8) is 0 Å². The molecule has 35 heavy (non-hydrogen) atoms. The number of amides is 3. The number of piperidine rings is 1. The molecule has 0 saturated carbocycles. The summed E-state index contributed by atoms with van der Waals surface area (Å²) in [5.41, 5.74) is 0.126. The molecule has 0 radical (unpaired) electrons. The van der Waals surface area contributed by atoms with E-state index in [0.29, 0.717) is 64.2 Å². The minimum absolute atomic E-state index is 0.0186. The maximum atomic E-state index is 13.9. The Hall–Kier alpha value is -2.72. The highest BCUT2D eigenvalue weighted by Crippen LogP contribution is 2.25. The van der Waals surface area contributed by atoms with Crippen LogP contribution in [0.2, 0.25) is 0 Å². The van der Waals surface area contributed by atoms with Crippen LogP contribution in [0, 0.1) is 0 Å². The summed E-state index contributed by atoms with van der Waals surface area (Å²) in [4.78, 5) is 44.5. The van der Waals surface area contributed by atoms with Gasteiger partial charge in [0.1, 0.15) is 11.2 Å². The van der Waals surface area contributed by atoms with Gasteiger partial charge in [0, 0.05) is 38.6 Å². The highest BCUT2D eigenvalue weighted by atomic mass is 32.1. The molecule has 0 unspecified atom stereocenters. The molecule has 4 rings (SSSR count). The van der Waals surface area contributed by atoms with Gasteiger partial charge in [-0.3, -0.25) is 19.1 Å². The molecular weight excluding hydrogens is 464 g/mol. The van der Waals surface area contributed by atoms with E-state index in [1.54, 1.807) is 11.7 Å². The quantitative estimate of drug-likeness (QED) is 0.669. The van der Waals surface area contributed by atoms with E-state index in [9.17, 15) is 14.4 Å². The smallest absolute Gasteiger partial charge is 0.270 e. The molecule has 2 aromatic rings. The third-order valence-corrected chi connectivity index (χ3v) is 7.76. The zero-order valence-corrected chi connectivity index (χ0v) is 21.9. The largest absolute Gasteiger partial charge is 0.339 e. The maximum absolute atomic E-state index is 13.9. The van der Waals surface area contributed by atoms with Crippen molar-refractivity contribution >= 4 is 29.1 Å². The van der Waals surface area contributed by atoms with Crippen molar-refractivity contribution in [1.82, 2.24) is 30.2 Å². The van der Waals surface area contributed by atoms with Gasteiger partial charge in [0.15, 0.2) is 0 Å². The normalized spacial score (nSPS) is 18.7. The lowest BCUT2D eigenvalue weighted by molar-refractivity contribution is -0.139. The SMILES string of the molecule is Cn1nc(C(C)(C)C)cc1C(=O)NC1(C(=O)N2CCCN(C(=O)c3cccs3)CC2)CCNCC1.